The van der Waals surface area contributed by atoms with Crippen molar-refractivity contribution in [3.63, 3.8) is 0 Å². The Morgan fingerprint density at radius 3 is 1.19 bits per heavy atom. The molecule has 2 heterocycles. The Morgan fingerprint density at radius 1 is 0.571 bits per heavy atom. The first-order valence-electron chi connectivity index (χ1n) is 13.1. The maximum Gasteiger partial charge on any atom is 0.340 e. The topological polar surface area (TPSA) is 146 Å². The van der Waals surface area contributed by atoms with Crippen LogP contribution in [0.1, 0.15) is 47.4 Å². The molecule has 2 unspecified atom stereocenters. The van der Waals surface area contributed by atoms with Crippen LogP contribution < -0.4 is 9.80 Å². The fourth-order valence-electron chi connectivity index (χ4n) is 4.01. The van der Waals surface area contributed by atoms with Crippen LogP contribution in [0.5, 0.6) is 0 Å². The van der Waals surface area contributed by atoms with Crippen LogP contribution in [-0.2, 0) is 38.1 Å². The van der Waals surface area contributed by atoms with E-state index in [-0.39, 0.29) is 11.1 Å². The highest BCUT2D eigenvalue weighted by molar-refractivity contribution is 6.28. The first kappa shape index (κ1) is 30.0. The minimum atomic E-state index is -0.812. The summed E-state index contributed by atoms with van der Waals surface area (Å²) < 4.78 is 21.6. The molecule has 12 nitrogen and oxygen atoms in total. The monoisotopic (exact) mass is 576 g/mol. The number of hydrogen-bond donors (Lipinski definition) is 0. The van der Waals surface area contributed by atoms with Gasteiger partial charge in [0.25, 0.3) is 23.6 Å². The van der Waals surface area contributed by atoms with Crippen molar-refractivity contribution in [3.05, 3.63) is 84.0 Å². The Morgan fingerprint density at radius 2 is 0.881 bits per heavy atom. The maximum atomic E-state index is 12.4. The molecule has 4 amide bonds. The molecule has 2 atom stereocenters. The van der Waals surface area contributed by atoms with Crippen LogP contribution >= 0.6 is 0 Å². The zero-order valence-electron chi connectivity index (χ0n) is 22.9. The fourth-order valence-corrected chi connectivity index (χ4v) is 4.01. The van der Waals surface area contributed by atoms with Crippen molar-refractivity contribution in [2.45, 2.75) is 39.3 Å². The number of amides is 4. The summed E-state index contributed by atoms with van der Waals surface area (Å²) in [5, 5.41) is 0. The van der Waals surface area contributed by atoms with Crippen molar-refractivity contribution < 1.29 is 47.7 Å². The molecule has 0 fully saturated rings. The van der Waals surface area contributed by atoms with E-state index in [9.17, 15) is 28.8 Å². The van der Waals surface area contributed by atoms with E-state index in [0.717, 1.165) is 9.80 Å². The maximum absolute atomic E-state index is 12.4. The summed E-state index contributed by atoms with van der Waals surface area (Å²) in [5.74, 6) is -3.02. The van der Waals surface area contributed by atoms with Gasteiger partial charge in [-0.3, -0.25) is 19.2 Å². The van der Waals surface area contributed by atoms with Crippen LogP contribution in [0.2, 0.25) is 0 Å². The molecule has 0 N–H and O–H groups in total. The third-order valence-electron chi connectivity index (χ3n) is 6.13. The van der Waals surface area contributed by atoms with Gasteiger partial charge in [-0.2, -0.15) is 0 Å². The molecule has 0 radical (unpaired) electrons. The molecule has 2 aromatic carbocycles. The zero-order chi connectivity index (χ0) is 30.2. The van der Waals surface area contributed by atoms with E-state index in [0.29, 0.717) is 37.4 Å². The van der Waals surface area contributed by atoms with Crippen molar-refractivity contribution >= 4 is 46.9 Å². The lowest BCUT2D eigenvalue weighted by Gasteiger charge is -2.17. The summed E-state index contributed by atoms with van der Waals surface area (Å²) in [6.07, 6.45) is 4.27. The lowest BCUT2D eigenvalue weighted by molar-refractivity contribution is -0.121. The molecule has 0 aliphatic carbocycles. The largest absolute Gasteiger partial charge is 0.432 e. The fraction of sp³-hybridized carbons (Fsp3) is 0.267. The predicted molar refractivity (Wildman–Crippen MR) is 147 cm³/mol. The molecule has 2 aliphatic rings. The van der Waals surface area contributed by atoms with E-state index in [4.69, 9.17) is 18.9 Å². The Labute approximate surface area is 241 Å². The van der Waals surface area contributed by atoms with Crippen LogP contribution in [0, 0.1) is 0 Å². The lowest BCUT2D eigenvalue weighted by Crippen LogP contribution is -2.29. The minimum absolute atomic E-state index is 0.239. The SMILES string of the molecule is CC(OCCCCOC(C)OC(=O)c1ccc(N2C(=O)C=CC2=O)cc1)OC(=O)c1ccc(N2C(=O)C=CC2=O)cc1. The van der Waals surface area contributed by atoms with Crippen molar-refractivity contribution in [1.29, 1.82) is 0 Å². The van der Waals surface area contributed by atoms with Gasteiger partial charge in [0, 0.05) is 24.3 Å². The van der Waals surface area contributed by atoms with Gasteiger partial charge in [-0.25, -0.2) is 19.4 Å². The molecular formula is C30H28N2O10. The van der Waals surface area contributed by atoms with Gasteiger partial charge in [-0.1, -0.05) is 0 Å². The second-order valence-electron chi connectivity index (χ2n) is 9.18. The number of hydrogen-bond acceptors (Lipinski definition) is 10. The molecule has 0 aromatic heterocycles. The number of carbonyl (C=O) groups excluding carboxylic acids is 6. The van der Waals surface area contributed by atoms with Gasteiger partial charge in [0.2, 0.25) is 0 Å². The summed E-state index contributed by atoms with van der Waals surface area (Å²) in [6, 6.07) is 11.8. The van der Waals surface area contributed by atoms with E-state index in [1.165, 1.54) is 72.8 Å². The number of imide groups is 2. The van der Waals surface area contributed by atoms with Crippen LogP contribution in [0.25, 0.3) is 0 Å². The van der Waals surface area contributed by atoms with Gasteiger partial charge in [-0.15, -0.1) is 0 Å². The van der Waals surface area contributed by atoms with Crippen molar-refractivity contribution in [3.8, 4) is 0 Å². The standard InChI is InChI=1S/C30H28N2O10/c1-19(41-29(37)21-5-9-23(10-6-21)31-25(33)13-14-26(31)34)39-17-3-4-18-40-20(2)42-30(38)22-7-11-24(12-8-22)32-27(35)15-16-28(32)36/h5-16,19-20H,3-4,17-18H2,1-2H3. The smallest absolute Gasteiger partial charge is 0.340 e. The molecule has 0 saturated carbocycles. The highest BCUT2D eigenvalue weighted by Gasteiger charge is 2.26. The number of esters is 2. The number of ether oxygens (including phenoxy) is 4. The summed E-state index contributed by atoms with van der Waals surface area (Å²) in [5.41, 5.74) is 1.18. The van der Waals surface area contributed by atoms with Gasteiger partial charge >= 0.3 is 11.9 Å². The van der Waals surface area contributed by atoms with E-state index < -0.39 is 48.1 Å². The average molecular weight is 577 g/mol. The molecule has 0 spiro atoms. The van der Waals surface area contributed by atoms with Crippen molar-refractivity contribution in [2.24, 2.45) is 0 Å². The molecule has 0 bridgehead atoms. The molecule has 2 aliphatic heterocycles. The first-order valence-corrected chi connectivity index (χ1v) is 13.1. The molecule has 2 aromatic rings. The van der Waals surface area contributed by atoms with Gasteiger partial charge in [0.15, 0.2) is 12.6 Å². The second-order valence-corrected chi connectivity index (χ2v) is 9.18. The van der Waals surface area contributed by atoms with Gasteiger partial charge in [-0.05, 0) is 75.2 Å². The highest BCUT2D eigenvalue weighted by Crippen LogP contribution is 2.21. The van der Waals surface area contributed by atoms with E-state index >= 15 is 0 Å². The number of rotatable bonds is 13. The normalized spacial score (nSPS) is 15.9. The Balaban J connectivity index is 1.09. The summed E-state index contributed by atoms with van der Waals surface area (Å²) in [6.45, 7) is 3.76. The minimum Gasteiger partial charge on any atom is -0.432 e. The number of anilines is 2. The quantitative estimate of drug-likeness (QED) is 0.151. The summed E-state index contributed by atoms with van der Waals surface area (Å²) in [4.78, 5) is 73.8. The van der Waals surface area contributed by atoms with Crippen LogP contribution in [0.3, 0.4) is 0 Å². The zero-order valence-corrected chi connectivity index (χ0v) is 22.9. The van der Waals surface area contributed by atoms with Crippen LogP contribution in [-0.4, -0.2) is 61.4 Å². The number of carbonyl (C=O) groups is 6. The van der Waals surface area contributed by atoms with Gasteiger partial charge in [0.05, 0.1) is 35.7 Å². The average Bonchev–Trinajstić information content (AvgIpc) is 3.49. The predicted octanol–water partition coefficient (Wildman–Crippen LogP) is 3.06. The Kier molecular flexibility index (Phi) is 9.73. The van der Waals surface area contributed by atoms with Crippen LogP contribution in [0.15, 0.2) is 72.8 Å². The van der Waals surface area contributed by atoms with Crippen molar-refractivity contribution in [1.82, 2.24) is 0 Å². The van der Waals surface area contributed by atoms with Crippen LogP contribution in [0.4, 0.5) is 11.4 Å². The molecule has 12 heteroatoms. The third-order valence-corrected chi connectivity index (χ3v) is 6.13. The summed E-state index contributed by atoms with van der Waals surface area (Å²) in [7, 11) is 0. The van der Waals surface area contributed by atoms with Gasteiger partial charge in [0.1, 0.15) is 0 Å². The van der Waals surface area contributed by atoms with Gasteiger partial charge < -0.3 is 18.9 Å². The molecule has 4 rings (SSSR count). The third kappa shape index (κ3) is 7.42. The number of unbranched alkanes of at least 4 members (excludes halogenated alkanes) is 1. The summed E-state index contributed by atoms with van der Waals surface area (Å²) >= 11 is 0. The van der Waals surface area contributed by atoms with Crippen molar-refractivity contribution in [2.75, 3.05) is 23.0 Å². The molecular weight excluding hydrogens is 548 g/mol. The molecule has 218 valence electrons. The lowest BCUT2D eigenvalue weighted by atomic mass is 10.2. The number of benzene rings is 2. The number of nitrogens with zero attached hydrogens (tertiary/aromatic N) is 2. The molecule has 42 heavy (non-hydrogen) atoms. The Hall–Kier alpha value is -4.94. The van der Waals surface area contributed by atoms with E-state index in [2.05, 4.69) is 0 Å². The Bertz CT molecular complexity index is 1280. The van der Waals surface area contributed by atoms with E-state index in [1.54, 1.807) is 13.8 Å². The second kappa shape index (κ2) is 13.6. The molecule has 0 saturated heterocycles. The highest BCUT2D eigenvalue weighted by atomic mass is 16.7. The first-order chi connectivity index (χ1) is 20.1. The van der Waals surface area contributed by atoms with E-state index in [1.807, 2.05) is 0 Å².